The molecule has 0 aliphatic heterocycles. The molecule has 0 aliphatic carbocycles. The Kier molecular flexibility index (Phi) is 4.65. The predicted molar refractivity (Wildman–Crippen MR) is 45.5 cm³/mol. The van der Waals surface area contributed by atoms with E-state index in [0.29, 0.717) is 13.1 Å². The molecule has 3 N–H and O–H groups in total. The third-order valence-electron chi connectivity index (χ3n) is 1.41. The third-order valence-corrected chi connectivity index (χ3v) is 1.41. The molecule has 0 saturated heterocycles. The molecule has 1 unspecified atom stereocenters. The summed E-state index contributed by atoms with van der Waals surface area (Å²) in [6.45, 7) is 6.47. The van der Waals surface area contributed by atoms with Crippen molar-refractivity contribution >= 4 is 0 Å². The van der Waals surface area contributed by atoms with Gasteiger partial charge in [0.2, 0.25) is 0 Å². The van der Waals surface area contributed by atoms with E-state index < -0.39 is 5.60 Å². The van der Waals surface area contributed by atoms with Crippen LogP contribution in [0, 0.1) is 0 Å². The highest BCUT2D eigenvalue weighted by Gasteiger charge is 2.11. The molecule has 0 fully saturated rings. The molecule has 0 spiro atoms. The lowest BCUT2D eigenvalue weighted by Gasteiger charge is -2.18. The van der Waals surface area contributed by atoms with Crippen LogP contribution in [0.1, 0.15) is 27.2 Å². The zero-order chi connectivity index (χ0) is 8.91. The van der Waals surface area contributed by atoms with Gasteiger partial charge in [0.25, 0.3) is 0 Å². The number of hydrogen-bond acceptors (Lipinski definition) is 3. The summed E-state index contributed by atoms with van der Waals surface area (Å²) in [6, 6.07) is 0. The molecule has 0 radical (unpaired) electrons. The molecule has 0 aliphatic rings. The highest BCUT2D eigenvalue weighted by Crippen LogP contribution is 1.97. The minimum Gasteiger partial charge on any atom is -0.392 e. The Morgan fingerprint density at radius 3 is 2.36 bits per heavy atom. The molecule has 1 atom stereocenters. The van der Waals surface area contributed by atoms with Crippen molar-refractivity contribution in [3.05, 3.63) is 0 Å². The smallest absolute Gasteiger partial charge is 0.0715 e. The van der Waals surface area contributed by atoms with Crippen LogP contribution in [0.3, 0.4) is 0 Å². The second-order valence-corrected chi connectivity index (χ2v) is 3.51. The predicted octanol–water partition coefficient (Wildman–Crippen LogP) is 0.118. The first kappa shape index (κ1) is 10.9. The largest absolute Gasteiger partial charge is 0.392 e. The van der Waals surface area contributed by atoms with E-state index in [1.54, 1.807) is 13.8 Å². The Hall–Kier alpha value is -0.120. The number of hydrogen-bond donors (Lipinski definition) is 3. The number of aliphatic hydroxyl groups is 2. The van der Waals surface area contributed by atoms with Crippen LogP contribution in [0.25, 0.3) is 0 Å². The average Bonchev–Trinajstić information content (AvgIpc) is 1.85. The lowest BCUT2D eigenvalue weighted by Crippen LogP contribution is -2.38. The standard InChI is InChI=1S/C8H19NO2/c1-4-7(10)5-9-6-8(2,3)11/h7,9-11H,4-6H2,1-3H3. The average molecular weight is 161 g/mol. The van der Waals surface area contributed by atoms with Crippen LogP contribution in [0.2, 0.25) is 0 Å². The first-order chi connectivity index (χ1) is 4.95. The van der Waals surface area contributed by atoms with Gasteiger partial charge < -0.3 is 15.5 Å². The third kappa shape index (κ3) is 7.78. The molecule has 0 aromatic heterocycles. The summed E-state index contributed by atoms with van der Waals surface area (Å²) >= 11 is 0. The molecule has 11 heavy (non-hydrogen) atoms. The fraction of sp³-hybridized carbons (Fsp3) is 1.00. The Bertz CT molecular complexity index is 98.8. The van der Waals surface area contributed by atoms with Gasteiger partial charge in [-0.2, -0.15) is 0 Å². The van der Waals surface area contributed by atoms with Gasteiger partial charge in [0.05, 0.1) is 11.7 Å². The van der Waals surface area contributed by atoms with Crippen molar-refractivity contribution in [2.45, 2.75) is 38.9 Å². The molecule has 68 valence electrons. The fourth-order valence-corrected chi connectivity index (χ4v) is 0.689. The van der Waals surface area contributed by atoms with Crippen molar-refractivity contribution < 1.29 is 10.2 Å². The molecule has 0 bridgehead atoms. The number of nitrogens with one attached hydrogen (secondary N) is 1. The van der Waals surface area contributed by atoms with Crippen molar-refractivity contribution in [2.75, 3.05) is 13.1 Å². The first-order valence-electron chi connectivity index (χ1n) is 4.07. The minimum absolute atomic E-state index is 0.294. The van der Waals surface area contributed by atoms with E-state index in [9.17, 15) is 5.11 Å². The van der Waals surface area contributed by atoms with E-state index in [4.69, 9.17) is 5.11 Å². The summed E-state index contributed by atoms with van der Waals surface area (Å²) in [7, 11) is 0. The Morgan fingerprint density at radius 2 is 2.00 bits per heavy atom. The van der Waals surface area contributed by atoms with Crippen molar-refractivity contribution in [1.29, 1.82) is 0 Å². The van der Waals surface area contributed by atoms with Gasteiger partial charge in [-0.25, -0.2) is 0 Å². The molecule has 0 aromatic rings. The van der Waals surface area contributed by atoms with Gasteiger partial charge in [-0.05, 0) is 20.3 Å². The summed E-state index contributed by atoms with van der Waals surface area (Å²) in [5.41, 5.74) is -0.687. The quantitative estimate of drug-likeness (QED) is 0.537. The van der Waals surface area contributed by atoms with Crippen LogP contribution < -0.4 is 5.32 Å². The van der Waals surface area contributed by atoms with Crippen LogP contribution in [0.4, 0.5) is 0 Å². The molecule has 3 nitrogen and oxygen atoms in total. The van der Waals surface area contributed by atoms with E-state index >= 15 is 0 Å². The van der Waals surface area contributed by atoms with Gasteiger partial charge in [0, 0.05) is 13.1 Å². The van der Waals surface area contributed by atoms with Crippen molar-refractivity contribution in [3.8, 4) is 0 Å². The van der Waals surface area contributed by atoms with Crippen LogP contribution in [0.15, 0.2) is 0 Å². The summed E-state index contributed by atoms with van der Waals surface area (Å²) in [4.78, 5) is 0. The van der Waals surface area contributed by atoms with Gasteiger partial charge in [0.1, 0.15) is 0 Å². The molecular weight excluding hydrogens is 142 g/mol. The van der Waals surface area contributed by atoms with Crippen LogP contribution in [-0.4, -0.2) is 35.0 Å². The summed E-state index contributed by atoms with van der Waals surface area (Å²) in [5.74, 6) is 0. The van der Waals surface area contributed by atoms with Gasteiger partial charge in [-0.1, -0.05) is 6.92 Å². The number of aliphatic hydroxyl groups excluding tert-OH is 1. The second kappa shape index (κ2) is 4.70. The fourth-order valence-electron chi connectivity index (χ4n) is 0.689. The SMILES string of the molecule is CCC(O)CNCC(C)(C)O. The van der Waals surface area contributed by atoms with Gasteiger partial charge >= 0.3 is 0 Å². The van der Waals surface area contributed by atoms with Crippen LogP contribution in [0.5, 0.6) is 0 Å². The molecular formula is C8H19NO2. The zero-order valence-corrected chi connectivity index (χ0v) is 7.59. The van der Waals surface area contributed by atoms with E-state index in [2.05, 4.69) is 5.32 Å². The Balaban J connectivity index is 3.28. The highest BCUT2D eigenvalue weighted by atomic mass is 16.3. The Labute approximate surface area is 68.4 Å². The zero-order valence-electron chi connectivity index (χ0n) is 7.59. The molecule has 0 amide bonds. The highest BCUT2D eigenvalue weighted by molar-refractivity contribution is 4.69. The summed E-state index contributed by atoms with van der Waals surface area (Å²) < 4.78 is 0. The molecule has 3 heteroatoms. The molecule has 0 aromatic carbocycles. The van der Waals surface area contributed by atoms with Gasteiger partial charge in [-0.3, -0.25) is 0 Å². The summed E-state index contributed by atoms with van der Waals surface area (Å²) in [6.07, 6.45) is 0.455. The van der Waals surface area contributed by atoms with Gasteiger partial charge in [-0.15, -0.1) is 0 Å². The van der Waals surface area contributed by atoms with Gasteiger partial charge in [0.15, 0.2) is 0 Å². The Morgan fingerprint density at radius 1 is 1.45 bits per heavy atom. The van der Waals surface area contributed by atoms with Crippen molar-refractivity contribution in [3.63, 3.8) is 0 Å². The van der Waals surface area contributed by atoms with E-state index in [1.165, 1.54) is 0 Å². The topological polar surface area (TPSA) is 52.5 Å². The number of rotatable bonds is 5. The van der Waals surface area contributed by atoms with Crippen molar-refractivity contribution in [2.24, 2.45) is 0 Å². The molecule has 0 heterocycles. The summed E-state index contributed by atoms with van der Waals surface area (Å²) in [5, 5.41) is 21.3. The normalized spacial score (nSPS) is 15.0. The molecule has 0 rings (SSSR count). The van der Waals surface area contributed by atoms with E-state index in [0.717, 1.165) is 6.42 Å². The monoisotopic (exact) mass is 161 g/mol. The maximum absolute atomic E-state index is 9.26. The lowest BCUT2D eigenvalue weighted by molar-refractivity contribution is 0.0737. The lowest BCUT2D eigenvalue weighted by atomic mass is 10.1. The maximum Gasteiger partial charge on any atom is 0.0715 e. The van der Waals surface area contributed by atoms with Crippen LogP contribution in [-0.2, 0) is 0 Å². The van der Waals surface area contributed by atoms with Crippen LogP contribution >= 0.6 is 0 Å². The molecule has 0 saturated carbocycles. The first-order valence-corrected chi connectivity index (χ1v) is 4.07. The minimum atomic E-state index is -0.687. The van der Waals surface area contributed by atoms with E-state index in [1.807, 2.05) is 6.92 Å². The maximum atomic E-state index is 9.26. The van der Waals surface area contributed by atoms with Crippen molar-refractivity contribution in [1.82, 2.24) is 5.32 Å². The second-order valence-electron chi connectivity index (χ2n) is 3.51. The van der Waals surface area contributed by atoms with E-state index in [-0.39, 0.29) is 6.10 Å².